The highest BCUT2D eigenvalue weighted by atomic mass is 16.3. The molecule has 2 heterocycles. The van der Waals surface area contributed by atoms with Gasteiger partial charge in [-0.1, -0.05) is 0 Å². The number of hydrogen-bond acceptors (Lipinski definition) is 2. The van der Waals surface area contributed by atoms with Crippen LogP contribution < -0.4 is 5.32 Å². The molecule has 0 amide bonds. The van der Waals surface area contributed by atoms with E-state index in [9.17, 15) is 5.11 Å². The highest BCUT2D eigenvalue weighted by Crippen LogP contribution is 2.47. The first-order valence-electron chi connectivity index (χ1n) is 5.19. The van der Waals surface area contributed by atoms with Crippen molar-refractivity contribution in [3.8, 4) is 0 Å². The molecule has 4 rings (SSSR count). The average Bonchev–Trinajstić information content (AvgIpc) is 2.14. The molecule has 4 aliphatic rings. The normalized spacial score (nSPS) is 57.2. The predicted molar refractivity (Wildman–Crippen MR) is 46.8 cm³/mol. The van der Waals surface area contributed by atoms with E-state index in [1.165, 1.54) is 12.8 Å². The van der Waals surface area contributed by atoms with Crippen LogP contribution in [0.5, 0.6) is 0 Å². The zero-order valence-corrected chi connectivity index (χ0v) is 7.42. The number of hydrogen-bond donors (Lipinski definition) is 2. The third kappa shape index (κ3) is 1.01. The van der Waals surface area contributed by atoms with Gasteiger partial charge in [-0.05, 0) is 50.5 Å². The summed E-state index contributed by atoms with van der Waals surface area (Å²) in [5.41, 5.74) is -0.278. The first-order chi connectivity index (χ1) is 5.73. The first kappa shape index (κ1) is 7.34. The van der Waals surface area contributed by atoms with Gasteiger partial charge in [-0.3, -0.25) is 0 Å². The van der Waals surface area contributed by atoms with E-state index in [1.54, 1.807) is 0 Å². The second-order valence-electron chi connectivity index (χ2n) is 5.15. The maximum absolute atomic E-state index is 10.2. The molecule has 0 aromatic carbocycles. The Hall–Kier alpha value is -0.0800. The van der Waals surface area contributed by atoms with E-state index >= 15 is 0 Å². The molecule has 2 heteroatoms. The van der Waals surface area contributed by atoms with Crippen LogP contribution in [0.1, 0.15) is 32.1 Å². The molecule has 2 N–H and O–H groups in total. The summed E-state index contributed by atoms with van der Waals surface area (Å²) >= 11 is 0. The third-order valence-electron chi connectivity index (χ3n) is 3.94. The van der Waals surface area contributed by atoms with E-state index < -0.39 is 0 Å². The Morgan fingerprint density at radius 2 is 1.92 bits per heavy atom. The molecule has 12 heavy (non-hydrogen) atoms. The summed E-state index contributed by atoms with van der Waals surface area (Å²) in [7, 11) is 0. The van der Waals surface area contributed by atoms with Gasteiger partial charge in [0.25, 0.3) is 0 Å². The minimum atomic E-state index is -0.278. The summed E-state index contributed by atoms with van der Waals surface area (Å²) in [4.78, 5) is 0. The van der Waals surface area contributed by atoms with Crippen LogP contribution in [0, 0.1) is 11.8 Å². The van der Waals surface area contributed by atoms with Crippen molar-refractivity contribution in [2.24, 2.45) is 11.8 Å². The molecule has 2 saturated heterocycles. The third-order valence-corrected chi connectivity index (χ3v) is 3.94. The minimum absolute atomic E-state index is 0.278. The fourth-order valence-electron chi connectivity index (χ4n) is 3.73. The number of rotatable bonds is 0. The molecule has 68 valence electrons. The van der Waals surface area contributed by atoms with Crippen molar-refractivity contribution >= 4 is 0 Å². The van der Waals surface area contributed by atoms with E-state index in [1.807, 2.05) is 0 Å². The topological polar surface area (TPSA) is 32.3 Å². The fourth-order valence-corrected chi connectivity index (χ4v) is 3.73. The maximum Gasteiger partial charge on any atom is 0.0668 e. The Balaban J connectivity index is 1.95. The summed E-state index contributed by atoms with van der Waals surface area (Å²) in [5, 5.41) is 13.8. The predicted octanol–water partition coefficient (Wildman–Crippen LogP) is 0.899. The molecule has 2 aliphatic carbocycles. The lowest BCUT2D eigenvalue weighted by molar-refractivity contribution is -0.0605. The number of nitrogens with one attached hydrogen (secondary N) is 1. The second kappa shape index (κ2) is 2.24. The van der Waals surface area contributed by atoms with Crippen LogP contribution in [0.3, 0.4) is 0 Å². The van der Waals surface area contributed by atoms with Crippen LogP contribution in [0.2, 0.25) is 0 Å². The van der Waals surface area contributed by atoms with Gasteiger partial charge in [-0.25, -0.2) is 0 Å². The van der Waals surface area contributed by atoms with Crippen molar-refractivity contribution in [2.45, 2.75) is 43.7 Å². The van der Waals surface area contributed by atoms with E-state index in [0.29, 0.717) is 6.04 Å². The van der Waals surface area contributed by atoms with Gasteiger partial charge in [-0.15, -0.1) is 0 Å². The van der Waals surface area contributed by atoms with E-state index in [0.717, 1.165) is 37.6 Å². The van der Waals surface area contributed by atoms with E-state index in [2.05, 4.69) is 5.32 Å². The second-order valence-corrected chi connectivity index (χ2v) is 5.15. The van der Waals surface area contributed by atoms with Crippen molar-refractivity contribution in [1.82, 2.24) is 5.32 Å². The summed E-state index contributed by atoms with van der Waals surface area (Å²) in [5.74, 6) is 1.59. The molecule has 4 fully saturated rings. The minimum Gasteiger partial charge on any atom is -0.390 e. The standard InChI is InChI=1S/C10H17NO/c12-10-3-7-1-8(4-10)6-11-9(2-7)5-10/h7-9,11-12H,1-6H2. The molecular formula is C10H17NO. The van der Waals surface area contributed by atoms with Crippen LogP contribution in [0.4, 0.5) is 0 Å². The maximum atomic E-state index is 10.2. The SMILES string of the molecule is OC12CC3CNC(CC(C3)C1)C2. The summed E-state index contributed by atoms with van der Waals surface area (Å²) in [6, 6.07) is 0.626. The summed E-state index contributed by atoms with van der Waals surface area (Å²) < 4.78 is 0. The Bertz CT molecular complexity index is 188. The molecule has 2 aliphatic heterocycles. The van der Waals surface area contributed by atoms with Crippen LogP contribution in [0.25, 0.3) is 0 Å². The molecule has 4 bridgehead atoms. The highest BCUT2D eigenvalue weighted by molar-refractivity contribution is 5.02. The smallest absolute Gasteiger partial charge is 0.0668 e. The average molecular weight is 167 g/mol. The zero-order valence-electron chi connectivity index (χ0n) is 7.42. The van der Waals surface area contributed by atoms with Crippen molar-refractivity contribution in [1.29, 1.82) is 0 Å². The van der Waals surface area contributed by atoms with Gasteiger partial charge in [0.15, 0.2) is 0 Å². The molecule has 0 aromatic rings. The summed E-state index contributed by atoms with van der Waals surface area (Å²) in [6.45, 7) is 1.16. The van der Waals surface area contributed by atoms with Gasteiger partial charge in [0, 0.05) is 6.04 Å². The van der Waals surface area contributed by atoms with Gasteiger partial charge in [0.2, 0.25) is 0 Å². The molecule has 4 unspecified atom stereocenters. The lowest BCUT2D eigenvalue weighted by Gasteiger charge is -2.44. The molecule has 2 nitrogen and oxygen atoms in total. The van der Waals surface area contributed by atoms with Crippen molar-refractivity contribution in [3.63, 3.8) is 0 Å². The lowest BCUT2D eigenvalue weighted by Crippen LogP contribution is -2.45. The highest BCUT2D eigenvalue weighted by Gasteiger charge is 2.47. The van der Waals surface area contributed by atoms with Gasteiger partial charge in [-0.2, -0.15) is 0 Å². The molecular weight excluding hydrogens is 150 g/mol. The Morgan fingerprint density at radius 3 is 2.75 bits per heavy atom. The van der Waals surface area contributed by atoms with Crippen LogP contribution in [-0.4, -0.2) is 23.3 Å². The Morgan fingerprint density at radius 1 is 1.08 bits per heavy atom. The van der Waals surface area contributed by atoms with E-state index in [4.69, 9.17) is 0 Å². The molecule has 0 aromatic heterocycles. The Labute approximate surface area is 73.4 Å². The van der Waals surface area contributed by atoms with Crippen LogP contribution in [-0.2, 0) is 0 Å². The molecule has 4 atom stereocenters. The number of fused-ring (bicyclic) bond motifs is 1. The monoisotopic (exact) mass is 167 g/mol. The van der Waals surface area contributed by atoms with Crippen molar-refractivity contribution in [2.75, 3.05) is 6.54 Å². The lowest BCUT2D eigenvalue weighted by atomic mass is 9.65. The van der Waals surface area contributed by atoms with Gasteiger partial charge < -0.3 is 10.4 Å². The van der Waals surface area contributed by atoms with Gasteiger partial charge in [0.1, 0.15) is 0 Å². The molecule has 0 radical (unpaired) electrons. The molecule has 2 saturated carbocycles. The van der Waals surface area contributed by atoms with Crippen LogP contribution >= 0.6 is 0 Å². The summed E-state index contributed by atoms with van der Waals surface area (Å²) in [6.07, 6.45) is 5.85. The zero-order chi connectivity index (χ0) is 8.18. The first-order valence-corrected chi connectivity index (χ1v) is 5.19. The van der Waals surface area contributed by atoms with Crippen molar-refractivity contribution in [3.05, 3.63) is 0 Å². The van der Waals surface area contributed by atoms with Gasteiger partial charge >= 0.3 is 0 Å². The largest absolute Gasteiger partial charge is 0.390 e. The van der Waals surface area contributed by atoms with Crippen molar-refractivity contribution < 1.29 is 5.11 Å². The fraction of sp³-hybridized carbons (Fsp3) is 1.00. The quantitative estimate of drug-likeness (QED) is 0.562. The van der Waals surface area contributed by atoms with Crippen LogP contribution in [0.15, 0.2) is 0 Å². The van der Waals surface area contributed by atoms with Gasteiger partial charge in [0.05, 0.1) is 5.60 Å². The number of aliphatic hydroxyl groups is 1. The Kier molecular flexibility index (Phi) is 1.37. The van der Waals surface area contributed by atoms with E-state index in [-0.39, 0.29) is 5.60 Å². The molecule has 0 spiro atoms.